The Morgan fingerprint density at radius 1 is 1.09 bits per heavy atom. The lowest BCUT2D eigenvalue weighted by Crippen LogP contribution is -2.12. The number of carbonyl (C=O) groups excluding carboxylic acids is 1. The minimum Gasteiger partial charge on any atom is -0.322 e. The monoisotopic (exact) mass is 447 g/mol. The van der Waals surface area contributed by atoms with Crippen LogP contribution in [0.25, 0.3) is 11.3 Å². The van der Waals surface area contributed by atoms with Gasteiger partial charge in [0, 0.05) is 22.2 Å². The second-order valence-electron chi connectivity index (χ2n) is 7.41. The summed E-state index contributed by atoms with van der Waals surface area (Å²) in [6.07, 6.45) is 0. The third-order valence-electron chi connectivity index (χ3n) is 5.13. The molecule has 2 aromatic carbocycles. The summed E-state index contributed by atoms with van der Waals surface area (Å²) in [5.41, 5.74) is 4.97. The summed E-state index contributed by atoms with van der Waals surface area (Å²) in [5.74, 6) is -0.212. The molecule has 4 rings (SSSR count). The van der Waals surface area contributed by atoms with Gasteiger partial charge in [0.05, 0.1) is 22.2 Å². The van der Waals surface area contributed by atoms with Crippen molar-refractivity contribution < 1.29 is 9.72 Å². The Bertz CT molecular complexity index is 1290. The Hall–Kier alpha value is -3.85. The van der Waals surface area contributed by atoms with E-state index in [1.54, 1.807) is 42.0 Å². The zero-order chi connectivity index (χ0) is 22.8. The molecular formula is C23H21N5O3S. The average Bonchev–Trinajstić information content (AvgIpc) is 3.31. The molecule has 0 saturated carbocycles. The summed E-state index contributed by atoms with van der Waals surface area (Å²) in [6, 6.07) is 14.7. The van der Waals surface area contributed by atoms with Crippen molar-refractivity contribution in [3.05, 3.63) is 91.5 Å². The molecule has 0 saturated heterocycles. The second kappa shape index (κ2) is 8.72. The molecule has 0 spiro atoms. The highest BCUT2D eigenvalue weighted by Crippen LogP contribution is 2.24. The van der Waals surface area contributed by atoms with Crippen LogP contribution >= 0.6 is 11.3 Å². The Morgan fingerprint density at radius 3 is 2.34 bits per heavy atom. The van der Waals surface area contributed by atoms with Gasteiger partial charge >= 0.3 is 5.69 Å². The molecule has 0 atom stereocenters. The quantitative estimate of drug-likeness (QED) is 0.326. The molecule has 0 unspecified atom stereocenters. The number of nitrogens with zero attached hydrogens (tertiary/aromatic N) is 4. The minimum atomic E-state index is -0.411. The molecule has 0 aliphatic carbocycles. The zero-order valence-corrected chi connectivity index (χ0v) is 18.6. The van der Waals surface area contributed by atoms with Gasteiger partial charge in [0.1, 0.15) is 11.4 Å². The maximum atomic E-state index is 12.6. The molecule has 0 fully saturated rings. The molecule has 2 aromatic heterocycles. The molecule has 0 bridgehead atoms. The van der Waals surface area contributed by atoms with E-state index in [1.807, 2.05) is 48.7 Å². The van der Waals surface area contributed by atoms with Crippen molar-refractivity contribution in [2.24, 2.45) is 0 Å². The van der Waals surface area contributed by atoms with Crippen LogP contribution in [0.5, 0.6) is 0 Å². The van der Waals surface area contributed by atoms with Crippen LogP contribution in [-0.4, -0.2) is 25.6 Å². The summed E-state index contributed by atoms with van der Waals surface area (Å²) < 4.78 is 1.61. The predicted octanol–water partition coefficient (Wildman–Crippen LogP) is 5.14. The van der Waals surface area contributed by atoms with E-state index in [1.165, 1.54) is 0 Å². The highest BCUT2D eigenvalue weighted by atomic mass is 32.1. The first-order valence-corrected chi connectivity index (χ1v) is 10.8. The molecule has 0 radical (unpaired) electrons. The number of thiazole rings is 1. The number of hydrogen-bond acceptors (Lipinski definition) is 6. The summed E-state index contributed by atoms with van der Waals surface area (Å²) in [4.78, 5) is 27.8. The Kier molecular flexibility index (Phi) is 5.83. The number of amides is 1. The van der Waals surface area contributed by atoms with E-state index in [-0.39, 0.29) is 11.6 Å². The number of carbonyl (C=O) groups is 1. The SMILES string of the molecule is Cc1nc(-c2ccc(NC(=O)c3ccc(Cn4nc(C)c([N+](=O)[O-])c4C)cc3)cc2)cs1. The van der Waals surface area contributed by atoms with Gasteiger partial charge in [-0.2, -0.15) is 5.10 Å². The van der Waals surface area contributed by atoms with Gasteiger partial charge in [0.25, 0.3) is 5.91 Å². The van der Waals surface area contributed by atoms with E-state index in [4.69, 9.17) is 0 Å². The van der Waals surface area contributed by atoms with E-state index in [0.717, 1.165) is 21.8 Å². The molecule has 8 nitrogen and oxygen atoms in total. The van der Waals surface area contributed by atoms with Crippen LogP contribution < -0.4 is 5.32 Å². The van der Waals surface area contributed by atoms with Crippen LogP contribution in [0, 0.1) is 30.9 Å². The van der Waals surface area contributed by atoms with Crippen LogP contribution in [0.1, 0.15) is 32.3 Å². The third kappa shape index (κ3) is 4.42. The molecule has 2 heterocycles. The molecule has 9 heteroatoms. The number of aromatic nitrogens is 3. The smallest absolute Gasteiger partial charge is 0.312 e. The van der Waals surface area contributed by atoms with Crippen molar-refractivity contribution in [3.8, 4) is 11.3 Å². The van der Waals surface area contributed by atoms with Gasteiger partial charge in [0.15, 0.2) is 0 Å². The Morgan fingerprint density at radius 2 is 1.78 bits per heavy atom. The number of nitro groups is 1. The number of aryl methyl sites for hydroxylation is 2. The molecule has 0 aliphatic rings. The van der Waals surface area contributed by atoms with Gasteiger partial charge in [-0.1, -0.05) is 24.3 Å². The lowest BCUT2D eigenvalue weighted by molar-refractivity contribution is -0.386. The summed E-state index contributed by atoms with van der Waals surface area (Å²) >= 11 is 1.60. The summed E-state index contributed by atoms with van der Waals surface area (Å²) in [6.45, 7) is 5.66. The van der Waals surface area contributed by atoms with Gasteiger partial charge < -0.3 is 5.32 Å². The standard InChI is InChI=1S/C23H21N5O3S/c1-14-22(28(30)31)15(2)27(26-14)12-17-4-6-19(7-5-17)23(29)25-20-10-8-18(9-11-20)21-13-32-16(3)24-21/h4-11,13H,12H2,1-3H3,(H,25,29). The van der Waals surface area contributed by atoms with Crippen molar-refractivity contribution in [2.45, 2.75) is 27.3 Å². The average molecular weight is 448 g/mol. The third-order valence-corrected chi connectivity index (χ3v) is 5.91. The van der Waals surface area contributed by atoms with E-state index < -0.39 is 4.92 Å². The fourth-order valence-electron chi connectivity index (χ4n) is 3.46. The Labute approximate surface area is 188 Å². The first-order valence-electron chi connectivity index (χ1n) is 9.93. The lowest BCUT2D eigenvalue weighted by atomic mass is 10.1. The normalized spacial score (nSPS) is 10.8. The zero-order valence-electron chi connectivity index (χ0n) is 17.8. The van der Waals surface area contributed by atoms with Gasteiger partial charge in [-0.3, -0.25) is 19.6 Å². The van der Waals surface area contributed by atoms with Crippen molar-refractivity contribution >= 4 is 28.6 Å². The van der Waals surface area contributed by atoms with Gasteiger partial charge in [0.2, 0.25) is 0 Å². The first-order chi connectivity index (χ1) is 15.3. The van der Waals surface area contributed by atoms with Crippen molar-refractivity contribution in [1.82, 2.24) is 14.8 Å². The van der Waals surface area contributed by atoms with Crippen LogP contribution in [0.2, 0.25) is 0 Å². The van der Waals surface area contributed by atoms with E-state index >= 15 is 0 Å². The van der Waals surface area contributed by atoms with Crippen molar-refractivity contribution in [3.63, 3.8) is 0 Å². The van der Waals surface area contributed by atoms with Crippen LogP contribution in [0.4, 0.5) is 11.4 Å². The molecule has 32 heavy (non-hydrogen) atoms. The fourth-order valence-corrected chi connectivity index (χ4v) is 4.09. The molecule has 0 aliphatic heterocycles. The maximum absolute atomic E-state index is 12.6. The number of nitrogens with one attached hydrogen (secondary N) is 1. The minimum absolute atomic E-state index is 0.0388. The summed E-state index contributed by atoms with van der Waals surface area (Å²) in [5, 5.41) is 21.4. The molecule has 1 amide bonds. The fraction of sp³-hybridized carbons (Fsp3) is 0.174. The largest absolute Gasteiger partial charge is 0.322 e. The molecule has 1 N–H and O–H groups in total. The number of benzene rings is 2. The topological polar surface area (TPSA) is 103 Å². The second-order valence-corrected chi connectivity index (χ2v) is 8.48. The number of anilines is 1. The van der Waals surface area contributed by atoms with Crippen molar-refractivity contribution in [2.75, 3.05) is 5.32 Å². The highest BCUT2D eigenvalue weighted by Gasteiger charge is 2.21. The lowest BCUT2D eigenvalue weighted by Gasteiger charge is -2.08. The van der Waals surface area contributed by atoms with Gasteiger partial charge in [-0.15, -0.1) is 11.3 Å². The molecule has 162 valence electrons. The first kappa shape index (κ1) is 21.4. The molecule has 4 aromatic rings. The van der Waals surface area contributed by atoms with Crippen molar-refractivity contribution in [1.29, 1.82) is 0 Å². The van der Waals surface area contributed by atoms with E-state index in [0.29, 0.717) is 29.2 Å². The predicted molar refractivity (Wildman–Crippen MR) is 124 cm³/mol. The number of rotatable bonds is 6. The highest BCUT2D eigenvalue weighted by molar-refractivity contribution is 7.09. The number of hydrogen-bond donors (Lipinski definition) is 1. The van der Waals surface area contributed by atoms with E-state index in [2.05, 4.69) is 15.4 Å². The maximum Gasteiger partial charge on any atom is 0.312 e. The van der Waals surface area contributed by atoms with Crippen LogP contribution in [0.15, 0.2) is 53.9 Å². The van der Waals surface area contributed by atoms with Crippen LogP contribution in [0.3, 0.4) is 0 Å². The van der Waals surface area contributed by atoms with Crippen LogP contribution in [-0.2, 0) is 6.54 Å². The van der Waals surface area contributed by atoms with Gasteiger partial charge in [-0.25, -0.2) is 4.98 Å². The molecular weight excluding hydrogens is 426 g/mol. The summed E-state index contributed by atoms with van der Waals surface area (Å²) in [7, 11) is 0. The van der Waals surface area contributed by atoms with Gasteiger partial charge in [-0.05, 0) is 50.6 Å². The Balaban J connectivity index is 1.42. The van der Waals surface area contributed by atoms with E-state index in [9.17, 15) is 14.9 Å².